The minimum absolute atomic E-state index is 0.307. The van der Waals surface area contributed by atoms with Gasteiger partial charge in [0.25, 0.3) is 0 Å². The van der Waals surface area contributed by atoms with Crippen molar-refractivity contribution in [1.29, 1.82) is 5.26 Å². The molecule has 4 rings (SSSR count). The van der Waals surface area contributed by atoms with Gasteiger partial charge in [-0.15, -0.1) is 10.2 Å². The molecule has 4 heterocycles. The molecule has 0 atom stereocenters. The van der Waals surface area contributed by atoms with Crippen molar-refractivity contribution >= 4 is 11.5 Å². The Kier molecular flexibility index (Phi) is 3.01. The Morgan fingerprint density at radius 3 is 2.83 bits per heavy atom. The molecule has 0 bridgehead atoms. The molecule has 0 radical (unpaired) electrons. The van der Waals surface area contributed by atoms with Crippen molar-refractivity contribution < 1.29 is 0 Å². The van der Waals surface area contributed by atoms with E-state index in [9.17, 15) is 5.26 Å². The number of hydrogen-bond donors (Lipinski definition) is 0. The van der Waals surface area contributed by atoms with Gasteiger partial charge in [0.15, 0.2) is 5.65 Å². The van der Waals surface area contributed by atoms with Crippen molar-refractivity contribution in [1.82, 2.24) is 19.6 Å². The van der Waals surface area contributed by atoms with Gasteiger partial charge in [-0.3, -0.25) is 4.40 Å². The molecule has 0 spiro atoms. The van der Waals surface area contributed by atoms with E-state index in [4.69, 9.17) is 0 Å². The summed E-state index contributed by atoms with van der Waals surface area (Å²) < 4.78 is 2.03. The number of aryl methyl sites for hydroxylation is 2. The Bertz CT molecular complexity index is 930. The predicted molar refractivity (Wildman–Crippen MR) is 86.4 cm³/mol. The third-order valence-electron chi connectivity index (χ3n) is 4.32. The molecule has 114 valence electrons. The Morgan fingerprint density at radius 2 is 2.04 bits per heavy atom. The zero-order valence-electron chi connectivity index (χ0n) is 13.1. The second kappa shape index (κ2) is 5.06. The van der Waals surface area contributed by atoms with Crippen LogP contribution in [0.4, 0.5) is 5.82 Å². The highest BCUT2D eigenvalue weighted by atomic mass is 15.3. The molecule has 1 fully saturated rings. The van der Waals surface area contributed by atoms with Crippen LogP contribution in [-0.2, 0) is 0 Å². The summed E-state index contributed by atoms with van der Waals surface area (Å²) in [6.45, 7) is 5.53. The summed E-state index contributed by atoms with van der Waals surface area (Å²) in [7, 11) is 0. The van der Waals surface area contributed by atoms with Crippen LogP contribution in [0.15, 0.2) is 30.5 Å². The van der Waals surface area contributed by atoms with E-state index in [-0.39, 0.29) is 0 Å². The number of rotatable bonds is 2. The number of hydrogen-bond acceptors (Lipinski definition) is 5. The molecule has 0 saturated carbocycles. The van der Waals surface area contributed by atoms with Crippen LogP contribution in [0.2, 0.25) is 0 Å². The number of aromatic nitrogens is 4. The van der Waals surface area contributed by atoms with E-state index in [0.717, 1.165) is 41.6 Å². The molecular formula is C17H16N6. The maximum absolute atomic E-state index is 9.41. The number of pyridine rings is 2. The Morgan fingerprint density at radius 1 is 1.22 bits per heavy atom. The van der Waals surface area contributed by atoms with Gasteiger partial charge in [0.2, 0.25) is 0 Å². The van der Waals surface area contributed by atoms with Gasteiger partial charge >= 0.3 is 0 Å². The second-order valence-corrected chi connectivity index (χ2v) is 5.98. The lowest BCUT2D eigenvalue weighted by atomic mass is 9.97. The molecule has 0 amide bonds. The molecule has 1 aliphatic heterocycles. The molecule has 6 nitrogen and oxygen atoms in total. The SMILES string of the molecule is Cc1cc(C)c(C#N)c(N2CC(c3nnc4ccccn34)C2)n1. The average molecular weight is 304 g/mol. The summed E-state index contributed by atoms with van der Waals surface area (Å²) in [4.78, 5) is 6.71. The van der Waals surface area contributed by atoms with E-state index in [1.807, 2.05) is 48.7 Å². The molecular weight excluding hydrogens is 288 g/mol. The highest BCUT2D eigenvalue weighted by molar-refractivity contribution is 5.60. The third kappa shape index (κ3) is 2.13. The third-order valence-corrected chi connectivity index (χ3v) is 4.32. The van der Waals surface area contributed by atoms with E-state index < -0.39 is 0 Å². The van der Waals surface area contributed by atoms with Crippen molar-refractivity contribution in [3.8, 4) is 6.07 Å². The van der Waals surface area contributed by atoms with Crippen LogP contribution in [0.3, 0.4) is 0 Å². The zero-order valence-corrected chi connectivity index (χ0v) is 13.1. The fourth-order valence-electron chi connectivity index (χ4n) is 3.14. The summed E-state index contributed by atoms with van der Waals surface area (Å²) in [5, 5.41) is 17.9. The minimum atomic E-state index is 0.307. The number of anilines is 1. The summed E-state index contributed by atoms with van der Waals surface area (Å²) in [5.41, 5.74) is 3.45. The van der Waals surface area contributed by atoms with Gasteiger partial charge in [-0.2, -0.15) is 5.26 Å². The quantitative estimate of drug-likeness (QED) is 0.726. The Hall–Kier alpha value is -2.94. The van der Waals surface area contributed by atoms with Crippen LogP contribution < -0.4 is 4.90 Å². The van der Waals surface area contributed by atoms with Crippen LogP contribution in [-0.4, -0.2) is 32.7 Å². The van der Waals surface area contributed by atoms with Crippen LogP contribution in [0.1, 0.15) is 28.6 Å². The molecule has 3 aromatic heterocycles. The van der Waals surface area contributed by atoms with Crippen molar-refractivity contribution in [2.45, 2.75) is 19.8 Å². The monoisotopic (exact) mass is 304 g/mol. The Balaban J connectivity index is 1.62. The highest BCUT2D eigenvalue weighted by Gasteiger charge is 2.34. The first-order chi connectivity index (χ1) is 11.2. The average Bonchev–Trinajstić information content (AvgIpc) is 2.90. The summed E-state index contributed by atoms with van der Waals surface area (Å²) in [5.74, 6) is 2.07. The van der Waals surface area contributed by atoms with Gasteiger partial charge in [-0.1, -0.05) is 6.07 Å². The largest absolute Gasteiger partial charge is 0.354 e. The van der Waals surface area contributed by atoms with Crippen LogP contribution >= 0.6 is 0 Å². The highest BCUT2D eigenvalue weighted by Crippen LogP contribution is 2.32. The second-order valence-electron chi connectivity index (χ2n) is 5.98. The standard InChI is InChI=1S/C17H16N6/c1-11-7-12(2)19-17(14(11)8-18)22-9-13(10-22)16-21-20-15-5-3-4-6-23(15)16/h3-7,13H,9-10H2,1-2H3. The molecule has 0 unspecified atom stereocenters. The van der Waals surface area contributed by atoms with Gasteiger partial charge in [0.1, 0.15) is 17.7 Å². The first kappa shape index (κ1) is 13.7. The predicted octanol–water partition coefficient (Wildman–Crippen LogP) is 2.22. The van der Waals surface area contributed by atoms with E-state index in [1.165, 1.54) is 0 Å². The van der Waals surface area contributed by atoms with Crippen molar-refractivity contribution in [2.24, 2.45) is 0 Å². The number of fused-ring (bicyclic) bond motifs is 1. The first-order valence-corrected chi connectivity index (χ1v) is 7.60. The lowest BCUT2D eigenvalue weighted by molar-refractivity contribution is 0.492. The first-order valence-electron chi connectivity index (χ1n) is 7.60. The van der Waals surface area contributed by atoms with Gasteiger partial charge in [0.05, 0.1) is 11.5 Å². The molecule has 0 aromatic carbocycles. The van der Waals surface area contributed by atoms with E-state index >= 15 is 0 Å². The van der Waals surface area contributed by atoms with Gasteiger partial charge in [-0.05, 0) is 37.6 Å². The lowest BCUT2D eigenvalue weighted by Crippen LogP contribution is -2.46. The molecule has 0 N–H and O–H groups in total. The van der Waals surface area contributed by atoms with Crippen molar-refractivity contribution in [2.75, 3.05) is 18.0 Å². The summed E-state index contributed by atoms with van der Waals surface area (Å²) >= 11 is 0. The van der Waals surface area contributed by atoms with Crippen LogP contribution in [0.25, 0.3) is 5.65 Å². The number of nitriles is 1. The van der Waals surface area contributed by atoms with Crippen LogP contribution in [0, 0.1) is 25.2 Å². The number of nitrogens with zero attached hydrogens (tertiary/aromatic N) is 6. The smallest absolute Gasteiger partial charge is 0.160 e. The lowest BCUT2D eigenvalue weighted by Gasteiger charge is -2.39. The molecule has 1 aliphatic rings. The van der Waals surface area contributed by atoms with Crippen molar-refractivity contribution in [3.05, 3.63) is 53.1 Å². The molecule has 6 heteroatoms. The molecule has 23 heavy (non-hydrogen) atoms. The minimum Gasteiger partial charge on any atom is -0.354 e. The van der Waals surface area contributed by atoms with E-state index in [1.54, 1.807) is 0 Å². The molecule has 3 aromatic rings. The summed E-state index contributed by atoms with van der Waals surface area (Å²) in [6.07, 6.45) is 1.99. The van der Waals surface area contributed by atoms with Gasteiger partial charge < -0.3 is 4.90 Å². The fourth-order valence-corrected chi connectivity index (χ4v) is 3.14. The fraction of sp³-hybridized carbons (Fsp3) is 0.294. The molecule has 0 aliphatic carbocycles. The van der Waals surface area contributed by atoms with Gasteiger partial charge in [0, 0.05) is 25.0 Å². The normalized spacial score (nSPS) is 14.7. The topological polar surface area (TPSA) is 70.1 Å². The van der Waals surface area contributed by atoms with Crippen molar-refractivity contribution in [3.63, 3.8) is 0 Å². The van der Waals surface area contributed by atoms with E-state index in [2.05, 4.69) is 26.2 Å². The van der Waals surface area contributed by atoms with Gasteiger partial charge in [-0.25, -0.2) is 4.98 Å². The van der Waals surface area contributed by atoms with Crippen LogP contribution in [0.5, 0.6) is 0 Å². The maximum atomic E-state index is 9.41. The summed E-state index contributed by atoms with van der Waals surface area (Å²) in [6, 6.07) is 10.1. The maximum Gasteiger partial charge on any atom is 0.160 e. The van der Waals surface area contributed by atoms with E-state index in [0.29, 0.717) is 11.5 Å². The zero-order chi connectivity index (χ0) is 16.0. The molecule has 1 saturated heterocycles. The Labute approximate surface area is 134 Å².